The number of nitrogens with one attached hydrogen (secondary N) is 1. The Hall–Kier alpha value is -1.88. The van der Waals surface area contributed by atoms with Crippen molar-refractivity contribution in [1.82, 2.24) is 5.32 Å². The summed E-state index contributed by atoms with van der Waals surface area (Å²) in [5, 5.41) is 21.0. The second-order valence-corrected chi connectivity index (χ2v) is 3.25. The SMILES string of the molecule is CNCC(N=Cc1ccccc1O)C(=O)O. The van der Waals surface area contributed by atoms with E-state index in [0.717, 1.165) is 0 Å². The lowest BCUT2D eigenvalue weighted by Gasteiger charge is -2.05. The Morgan fingerprint density at radius 2 is 2.25 bits per heavy atom. The molecule has 1 aromatic carbocycles. The van der Waals surface area contributed by atoms with Gasteiger partial charge in [-0.25, -0.2) is 4.79 Å². The van der Waals surface area contributed by atoms with Crippen LogP contribution in [0.1, 0.15) is 5.56 Å². The number of rotatable bonds is 5. The molecule has 1 atom stereocenters. The summed E-state index contributed by atoms with van der Waals surface area (Å²) in [5.74, 6) is -0.916. The fourth-order valence-corrected chi connectivity index (χ4v) is 1.16. The molecule has 0 saturated heterocycles. The van der Waals surface area contributed by atoms with Gasteiger partial charge in [-0.2, -0.15) is 0 Å². The summed E-state index contributed by atoms with van der Waals surface area (Å²) in [4.78, 5) is 14.7. The number of carboxylic acid groups (broad SMARTS) is 1. The molecule has 0 saturated carbocycles. The van der Waals surface area contributed by atoms with Gasteiger partial charge in [0.25, 0.3) is 0 Å². The van der Waals surface area contributed by atoms with E-state index >= 15 is 0 Å². The van der Waals surface area contributed by atoms with E-state index in [-0.39, 0.29) is 12.3 Å². The average molecular weight is 222 g/mol. The number of nitrogens with zero attached hydrogens (tertiary/aromatic N) is 1. The maximum absolute atomic E-state index is 10.8. The summed E-state index contributed by atoms with van der Waals surface area (Å²) in [6.07, 6.45) is 1.37. The Morgan fingerprint density at radius 3 is 2.81 bits per heavy atom. The Bertz CT molecular complexity index is 391. The van der Waals surface area contributed by atoms with Crippen LogP contribution in [-0.2, 0) is 4.79 Å². The second-order valence-electron chi connectivity index (χ2n) is 3.25. The molecule has 0 aliphatic rings. The largest absolute Gasteiger partial charge is 0.507 e. The molecule has 0 aliphatic carbocycles. The van der Waals surface area contributed by atoms with E-state index in [0.29, 0.717) is 5.56 Å². The van der Waals surface area contributed by atoms with Gasteiger partial charge in [0.2, 0.25) is 0 Å². The van der Waals surface area contributed by atoms with Gasteiger partial charge in [0, 0.05) is 18.3 Å². The number of hydrogen-bond donors (Lipinski definition) is 3. The number of para-hydroxylation sites is 1. The number of benzene rings is 1. The van der Waals surface area contributed by atoms with E-state index in [9.17, 15) is 9.90 Å². The molecule has 0 aliphatic heterocycles. The fraction of sp³-hybridized carbons (Fsp3) is 0.273. The van der Waals surface area contributed by atoms with Crippen LogP contribution in [0.5, 0.6) is 5.75 Å². The molecule has 1 aromatic rings. The molecule has 86 valence electrons. The van der Waals surface area contributed by atoms with Crippen molar-refractivity contribution in [3.63, 3.8) is 0 Å². The number of carbonyl (C=O) groups is 1. The molecule has 1 unspecified atom stereocenters. The van der Waals surface area contributed by atoms with Crippen LogP contribution in [0.2, 0.25) is 0 Å². The Morgan fingerprint density at radius 1 is 1.56 bits per heavy atom. The number of phenols is 1. The summed E-state index contributed by atoms with van der Waals surface area (Å²) in [6.45, 7) is 0.249. The minimum Gasteiger partial charge on any atom is -0.507 e. The first-order chi connectivity index (χ1) is 7.65. The van der Waals surface area contributed by atoms with E-state index < -0.39 is 12.0 Å². The molecule has 0 aromatic heterocycles. The van der Waals surface area contributed by atoms with E-state index in [1.54, 1.807) is 25.2 Å². The second kappa shape index (κ2) is 5.87. The fourth-order valence-electron chi connectivity index (χ4n) is 1.16. The first kappa shape index (κ1) is 12.2. The molecule has 0 spiro atoms. The van der Waals surface area contributed by atoms with Crippen LogP contribution < -0.4 is 5.32 Å². The zero-order chi connectivity index (χ0) is 12.0. The zero-order valence-corrected chi connectivity index (χ0v) is 8.92. The van der Waals surface area contributed by atoms with E-state index in [1.807, 2.05) is 0 Å². The van der Waals surface area contributed by atoms with E-state index in [2.05, 4.69) is 10.3 Å². The summed E-state index contributed by atoms with van der Waals surface area (Å²) in [7, 11) is 1.66. The van der Waals surface area contributed by atoms with Crippen LogP contribution in [-0.4, -0.2) is 42.0 Å². The van der Waals surface area contributed by atoms with Crippen molar-refractivity contribution in [1.29, 1.82) is 0 Å². The van der Waals surface area contributed by atoms with Crippen LogP contribution in [0.3, 0.4) is 0 Å². The summed E-state index contributed by atoms with van der Waals surface area (Å²) >= 11 is 0. The van der Waals surface area contributed by atoms with Crippen molar-refractivity contribution < 1.29 is 15.0 Å². The van der Waals surface area contributed by atoms with Gasteiger partial charge in [-0.3, -0.25) is 4.99 Å². The van der Waals surface area contributed by atoms with E-state index in [1.165, 1.54) is 12.3 Å². The van der Waals surface area contributed by atoms with Gasteiger partial charge >= 0.3 is 5.97 Å². The highest BCUT2D eigenvalue weighted by Gasteiger charge is 2.13. The van der Waals surface area contributed by atoms with Gasteiger partial charge in [0.05, 0.1) is 0 Å². The van der Waals surface area contributed by atoms with Crippen LogP contribution >= 0.6 is 0 Å². The molecule has 0 amide bonds. The minimum absolute atomic E-state index is 0.0832. The van der Waals surface area contributed by atoms with Gasteiger partial charge in [-0.05, 0) is 19.2 Å². The molecular weight excluding hydrogens is 208 g/mol. The molecule has 0 fully saturated rings. The molecule has 5 nitrogen and oxygen atoms in total. The Kier molecular flexibility index (Phi) is 4.47. The lowest BCUT2D eigenvalue weighted by atomic mass is 10.2. The van der Waals surface area contributed by atoms with Gasteiger partial charge in [0.1, 0.15) is 5.75 Å². The minimum atomic E-state index is -0.999. The molecule has 3 N–H and O–H groups in total. The standard InChI is InChI=1S/C11H14N2O3/c1-12-7-9(11(15)16)13-6-8-4-2-3-5-10(8)14/h2-6,9,12,14H,7H2,1H3,(H,15,16). The number of aliphatic carboxylic acids is 1. The lowest BCUT2D eigenvalue weighted by molar-refractivity contribution is -0.138. The topological polar surface area (TPSA) is 81.9 Å². The summed E-state index contributed by atoms with van der Waals surface area (Å²) < 4.78 is 0. The van der Waals surface area contributed by atoms with Crippen LogP contribution in [0.25, 0.3) is 0 Å². The molecule has 0 radical (unpaired) electrons. The molecule has 5 heteroatoms. The number of aromatic hydroxyl groups is 1. The van der Waals surface area contributed by atoms with Gasteiger partial charge in [-0.15, -0.1) is 0 Å². The third kappa shape index (κ3) is 3.36. The van der Waals surface area contributed by atoms with E-state index in [4.69, 9.17) is 5.11 Å². The first-order valence-electron chi connectivity index (χ1n) is 4.83. The van der Waals surface area contributed by atoms with Gasteiger partial charge in [-0.1, -0.05) is 12.1 Å². The number of hydrogen-bond acceptors (Lipinski definition) is 4. The quantitative estimate of drug-likeness (QED) is 0.633. The number of likely N-dealkylation sites (N-methyl/N-ethyl adjacent to an activating group) is 1. The molecule has 16 heavy (non-hydrogen) atoms. The Balaban J connectivity index is 2.78. The predicted octanol–water partition coefficient (Wildman–Crippen LogP) is 0.484. The maximum atomic E-state index is 10.8. The van der Waals surface area contributed by atoms with Crippen LogP contribution in [0, 0.1) is 0 Å². The predicted molar refractivity (Wildman–Crippen MR) is 61.1 cm³/mol. The van der Waals surface area contributed by atoms with Crippen molar-refractivity contribution in [2.45, 2.75) is 6.04 Å². The van der Waals surface area contributed by atoms with Crippen molar-refractivity contribution in [3.8, 4) is 5.75 Å². The number of aliphatic imine (C=N–C) groups is 1. The Labute approximate surface area is 93.5 Å². The van der Waals surface area contributed by atoms with Crippen molar-refractivity contribution >= 4 is 12.2 Å². The summed E-state index contributed by atoms with van der Waals surface area (Å²) in [6, 6.07) is 5.78. The molecule has 0 bridgehead atoms. The maximum Gasteiger partial charge on any atom is 0.329 e. The highest BCUT2D eigenvalue weighted by molar-refractivity contribution is 5.86. The summed E-state index contributed by atoms with van der Waals surface area (Å²) in [5.41, 5.74) is 0.504. The van der Waals surface area contributed by atoms with Crippen LogP contribution in [0.4, 0.5) is 0 Å². The molecule has 0 heterocycles. The number of carboxylic acids is 1. The highest BCUT2D eigenvalue weighted by atomic mass is 16.4. The van der Waals surface area contributed by atoms with Crippen molar-refractivity contribution in [2.24, 2.45) is 4.99 Å². The monoisotopic (exact) mass is 222 g/mol. The third-order valence-corrected chi connectivity index (χ3v) is 2.01. The zero-order valence-electron chi connectivity index (χ0n) is 8.92. The van der Waals surface area contributed by atoms with Crippen molar-refractivity contribution in [2.75, 3.05) is 13.6 Å². The first-order valence-corrected chi connectivity index (χ1v) is 4.83. The molecular formula is C11H14N2O3. The third-order valence-electron chi connectivity index (χ3n) is 2.01. The molecule has 1 rings (SSSR count). The van der Waals surface area contributed by atoms with Gasteiger partial charge in [0.15, 0.2) is 6.04 Å². The van der Waals surface area contributed by atoms with Crippen molar-refractivity contribution in [3.05, 3.63) is 29.8 Å². The lowest BCUT2D eigenvalue weighted by Crippen LogP contribution is -2.29. The number of phenolic OH excluding ortho intramolecular Hbond substituents is 1. The average Bonchev–Trinajstić information content (AvgIpc) is 2.26. The highest BCUT2D eigenvalue weighted by Crippen LogP contribution is 2.12. The van der Waals surface area contributed by atoms with Crippen LogP contribution in [0.15, 0.2) is 29.3 Å². The normalized spacial score (nSPS) is 12.8. The smallest absolute Gasteiger partial charge is 0.329 e. The van der Waals surface area contributed by atoms with Gasteiger partial charge < -0.3 is 15.5 Å².